The van der Waals surface area contributed by atoms with Crippen LogP contribution >= 0.6 is 0 Å². The molecule has 0 bridgehead atoms. The van der Waals surface area contributed by atoms with Crippen LogP contribution in [0, 0.1) is 11.8 Å². The molecule has 0 aromatic rings. The third-order valence-electron chi connectivity index (χ3n) is 3.32. The van der Waals surface area contributed by atoms with Crippen LogP contribution in [0.4, 0.5) is 0 Å². The molecule has 2 unspecified atom stereocenters. The fourth-order valence-electron chi connectivity index (χ4n) is 2.29. The molecule has 0 aliphatic rings. The van der Waals surface area contributed by atoms with E-state index in [0.717, 1.165) is 12.8 Å². The van der Waals surface area contributed by atoms with Gasteiger partial charge in [0.2, 0.25) is 0 Å². The molecule has 0 amide bonds. The normalized spacial score (nSPS) is 14.9. The van der Waals surface area contributed by atoms with Gasteiger partial charge < -0.3 is 0 Å². The molecule has 0 N–H and O–H groups in total. The summed E-state index contributed by atoms with van der Waals surface area (Å²) in [6.45, 7) is 8.40. The van der Waals surface area contributed by atoms with Crippen molar-refractivity contribution in [2.75, 3.05) is 0 Å². The van der Waals surface area contributed by atoms with Gasteiger partial charge in [0, 0.05) is 5.92 Å². The summed E-state index contributed by atoms with van der Waals surface area (Å²) in [6, 6.07) is 0. The van der Waals surface area contributed by atoms with Crippen molar-refractivity contribution in [1.82, 2.24) is 0 Å². The zero-order chi connectivity index (χ0) is 11.7. The van der Waals surface area contributed by atoms with Crippen molar-refractivity contribution < 1.29 is 4.79 Å². The topological polar surface area (TPSA) is 17.1 Å². The maximum atomic E-state index is 11.5. The molecular formula is C14H28O. The van der Waals surface area contributed by atoms with Gasteiger partial charge in [-0.1, -0.05) is 59.3 Å². The first-order valence-electron chi connectivity index (χ1n) is 6.63. The molecule has 0 radical (unpaired) electrons. The second-order valence-electron chi connectivity index (χ2n) is 4.83. The largest absolute Gasteiger partial charge is 0.300 e. The van der Waals surface area contributed by atoms with Crippen LogP contribution in [-0.2, 0) is 4.79 Å². The molecule has 2 atom stereocenters. The van der Waals surface area contributed by atoms with Crippen molar-refractivity contribution in [2.24, 2.45) is 11.8 Å². The van der Waals surface area contributed by atoms with Crippen LogP contribution in [0.3, 0.4) is 0 Å². The summed E-state index contributed by atoms with van der Waals surface area (Å²) in [5.74, 6) is 1.29. The van der Waals surface area contributed by atoms with E-state index in [1.807, 2.05) is 0 Å². The maximum Gasteiger partial charge on any atom is 0.133 e. The van der Waals surface area contributed by atoms with Gasteiger partial charge in [0.1, 0.15) is 5.78 Å². The van der Waals surface area contributed by atoms with Crippen LogP contribution < -0.4 is 0 Å². The second-order valence-corrected chi connectivity index (χ2v) is 4.83. The van der Waals surface area contributed by atoms with Crippen molar-refractivity contribution >= 4 is 5.78 Å². The first kappa shape index (κ1) is 14.7. The van der Waals surface area contributed by atoms with E-state index in [0.29, 0.717) is 17.6 Å². The van der Waals surface area contributed by atoms with Gasteiger partial charge in [-0.3, -0.25) is 4.79 Å². The summed E-state index contributed by atoms with van der Waals surface area (Å²) in [4.78, 5) is 11.5. The molecule has 1 heteroatoms. The molecule has 0 aromatic heterocycles. The number of rotatable bonds is 9. The maximum absolute atomic E-state index is 11.5. The fraction of sp³-hybridized carbons (Fsp3) is 0.929. The quantitative estimate of drug-likeness (QED) is 0.511. The van der Waals surface area contributed by atoms with Crippen LogP contribution in [0.1, 0.15) is 72.6 Å². The first-order chi connectivity index (χ1) is 7.13. The smallest absolute Gasteiger partial charge is 0.133 e. The Morgan fingerprint density at radius 2 is 1.67 bits per heavy atom. The summed E-state index contributed by atoms with van der Waals surface area (Å²) < 4.78 is 0. The molecule has 0 rings (SSSR count). The van der Waals surface area contributed by atoms with Crippen LogP contribution in [0.15, 0.2) is 0 Å². The highest BCUT2D eigenvalue weighted by Crippen LogP contribution is 2.24. The van der Waals surface area contributed by atoms with E-state index in [1.165, 1.54) is 32.1 Å². The third-order valence-corrected chi connectivity index (χ3v) is 3.32. The molecular weight excluding hydrogens is 184 g/mol. The average molecular weight is 212 g/mol. The van der Waals surface area contributed by atoms with Crippen molar-refractivity contribution in [3.05, 3.63) is 0 Å². The van der Waals surface area contributed by atoms with E-state index in [1.54, 1.807) is 6.92 Å². The lowest BCUT2D eigenvalue weighted by atomic mass is 9.83. The van der Waals surface area contributed by atoms with Gasteiger partial charge in [0.25, 0.3) is 0 Å². The number of hydrogen-bond donors (Lipinski definition) is 0. The molecule has 90 valence electrons. The number of Topliss-reactive ketones (excluding diaryl/α,β-unsaturated/α-hetero) is 1. The Kier molecular flexibility index (Phi) is 8.74. The number of carbonyl (C=O) groups excluding carboxylic acids is 1. The van der Waals surface area contributed by atoms with E-state index in [9.17, 15) is 4.79 Å². The highest BCUT2D eigenvalue weighted by Gasteiger charge is 2.20. The van der Waals surface area contributed by atoms with E-state index in [-0.39, 0.29) is 0 Å². The lowest BCUT2D eigenvalue weighted by Gasteiger charge is -2.20. The summed E-state index contributed by atoms with van der Waals surface area (Å²) in [5, 5.41) is 0. The Morgan fingerprint density at radius 1 is 1.00 bits per heavy atom. The van der Waals surface area contributed by atoms with Crippen molar-refractivity contribution in [1.29, 1.82) is 0 Å². The highest BCUT2D eigenvalue weighted by molar-refractivity contribution is 5.78. The molecule has 0 heterocycles. The molecule has 0 aliphatic heterocycles. The predicted molar refractivity (Wildman–Crippen MR) is 67.0 cm³/mol. The van der Waals surface area contributed by atoms with Crippen molar-refractivity contribution in [2.45, 2.75) is 72.6 Å². The second kappa shape index (κ2) is 8.94. The number of carbonyl (C=O) groups is 1. The van der Waals surface area contributed by atoms with Crippen LogP contribution in [-0.4, -0.2) is 5.78 Å². The lowest BCUT2D eigenvalue weighted by molar-refractivity contribution is -0.122. The minimum atomic E-state index is 0.316. The summed E-state index contributed by atoms with van der Waals surface area (Å²) in [5.41, 5.74) is 0. The Morgan fingerprint density at radius 3 is 2.13 bits per heavy atom. The third kappa shape index (κ3) is 6.70. The molecule has 0 aliphatic carbocycles. The predicted octanol–water partition coefficient (Wildman–Crippen LogP) is 4.60. The first-order valence-corrected chi connectivity index (χ1v) is 6.63. The number of unbranched alkanes of at least 4 members (excludes halogenated alkanes) is 3. The van der Waals surface area contributed by atoms with Gasteiger partial charge in [-0.25, -0.2) is 0 Å². The fourth-order valence-corrected chi connectivity index (χ4v) is 2.29. The Balaban J connectivity index is 3.81. The average Bonchev–Trinajstić information content (AvgIpc) is 2.20. The number of hydrogen-bond acceptors (Lipinski definition) is 1. The molecule has 0 saturated heterocycles. The molecule has 0 spiro atoms. The monoisotopic (exact) mass is 212 g/mol. The van der Waals surface area contributed by atoms with Crippen molar-refractivity contribution in [3.63, 3.8) is 0 Å². The van der Waals surface area contributed by atoms with Gasteiger partial charge in [-0.05, 0) is 19.3 Å². The molecule has 0 aromatic carbocycles. The van der Waals surface area contributed by atoms with Crippen LogP contribution in [0.2, 0.25) is 0 Å². The van der Waals surface area contributed by atoms with Gasteiger partial charge in [0.15, 0.2) is 0 Å². The molecule has 15 heavy (non-hydrogen) atoms. The van der Waals surface area contributed by atoms with Gasteiger partial charge >= 0.3 is 0 Å². The van der Waals surface area contributed by atoms with Gasteiger partial charge in [-0.15, -0.1) is 0 Å². The van der Waals surface area contributed by atoms with Crippen LogP contribution in [0.25, 0.3) is 0 Å². The van der Waals surface area contributed by atoms with E-state index >= 15 is 0 Å². The Labute approximate surface area is 95.6 Å². The lowest BCUT2D eigenvalue weighted by Crippen LogP contribution is -2.19. The summed E-state index contributed by atoms with van der Waals surface area (Å²) in [7, 11) is 0. The minimum Gasteiger partial charge on any atom is -0.300 e. The van der Waals surface area contributed by atoms with Crippen LogP contribution in [0.5, 0.6) is 0 Å². The van der Waals surface area contributed by atoms with E-state index in [4.69, 9.17) is 0 Å². The zero-order valence-electron chi connectivity index (χ0n) is 11.0. The minimum absolute atomic E-state index is 0.316. The van der Waals surface area contributed by atoms with E-state index in [2.05, 4.69) is 20.8 Å². The van der Waals surface area contributed by atoms with Gasteiger partial charge in [-0.2, -0.15) is 0 Å². The Hall–Kier alpha value is -0.330. The summed E-state index contributed by atoms with van der Waals surface area (Å²) in [6.07, 6.45) is 8.68. The highest BCUT2D eigenvalue weighted by atomic mass is 16.1. The zero-order valence-corrected chi connectivity index (χ0v) is 11.0. The Bertz CT molecular complexity index is 163. The van der Waals surface area contributed by atoms with E-state index < -0.39 is 0 Å². The molecule has 0 saturated carbocycles. The summed E-state index contributed by atoms with van der Waals surface area (Å²) >= 11 is 0. The SMILES string of the molecule is CCCCCCC(C)C(CCC)C(C)=O. The standard InChI is InChI=1S/C14H28O/c1-5-7-8-9-11-12(3)14(10-6-2)13(4)15/h12,14H,5-11H2,1-4H3. The van der Waals surface area contributed by atoms with Gasteiger partial charge in [0.05, 0.1) is 0 Å². The number of ketones is 1. The van der Waals surface area contributed by atoms with Crippen molar-refractivity contribution in [3.8, 4) is 0 Å². The molecule has 0 fully saturated rings. The molecule has 1 nitrogen and oxygen atoms in total.